The van der Waals surface area contributed by atoms with Crippen LogP contribution in [0.2, 0.25) is 0 Å². The van der Waals surface area contributed by atoms with Gasteiger partial charge in [-0.1, -0.05) is 24.3 Å². The number of thiazole rings is 1. The lowest BCUT2D eigenvalue weighted by Crippen LogP contribution is -2.46. The second-order valence-electron chi connectivity index (χ2n) is 7.05. The van der Waals surface area contributed by atoms with E-state index >= 15 is 0 Å². The van der Waals surface area contributed by atoms with Crippen molar-refractivity contribution >= 4 is 27.6 Å². The quantitative estimate of drug-likeness (QED) is 0.729. The molecule has 2 atom stereocenters. The van der Waals surface area contributed by atoms with E-state index in [1.807, 2.05) is 47.4 Å². The van der Waals surface area contributed by atoms with E-state index in [0.717, 1.165) is 46.1 Å². The summed E-state index contributed by atoms with van der Waals surface area (Å²) < 4.78 is 12.8. The van der Waals surface area contributed by atoms with Crippen LogP contribution in [0.5, 0.6) is 11.5 Å². The number of nitrogens with zero attached hydrogens (tertiary/aromatic N) is 2. The first-order valence-corrected chi connectivity index (χ1v) is 10.4. The van der Waals surface area contributed by atoms with Crippen molar-refractivity contribution < 1.29 is 14.3 Å². The molecule has 0 bridgehead atoms. The maximum absolute atomic E-state index is 12.8. The van der Waals surface area contributed by atoms with Crippen molar-refractivity contribution in [2.45, 2.75) is 25.0 Å². The first kappa shape index (κ1) is 17.3. The molecule has 1 N–H and O–H groups in total. The SMILES string of the molecule is O=C(NC[C@@H]1COc2ccccc2O1)N1CCC[C@H]1c1nc2ccccc2s1. The zero-order valence-corrected chi connectivity index (χ0v) is 16.2. The van der Waals surface area contributed by atoms with Crippen molar-refractivity contribution in [1.29, 1.82) is 0 Å². The van der Waals surface area contributed by atoms with Gasteiger partial charge in [0.1, 0.15) is 11.6 Å². The van der Waals surface area contributed by atoms with Crippen LogP contribution in [0.25, 0.3) is 10.2 Å². The van der Waals surface area contributed by atoms with E-state index < -0.39 is 0 Å². The molecule has 1 fully saturated rings. The molecule has 2 aromatic carbocycles. The number of hydrogen-bond acceptors (Lipinski definition) is 5. The fraction of sp³-hybridized carbons (Fsp3) is 0.333. The number of urea groups is 1. The molecule has 3 heterocycles. The van der Waals surface area contributed by atoms with Crippen LogP contribution in [0.3, 0.4) is 0 Å². The average Bonchev–Trinajstić information content (AvgIpc) is 3.38. The van der Waals surface area contributed by atoms with Crippen molar-refractivity contribution in [3.05, 3.63) is 53.5 Å². The zero-order valence-electron chi connectivity index (χ0n) is 15.3. The third kappa shape index (κ3) is 3.26. The van der Waals surface area contributed by atoms with Gasteiger partial charge in [0.15, 0.2) is 17.6 Å². The van der Waals surface area contributed by atoms with Crippen LogP contribution in [0.4, 0.5) is 4.79 Å². The number of fused-ring (bicyclic) bond motifs is 2. The molecule has 7 heteroatoms. The third-order valence-electron chi connectivity index (χ3n) is 5.16. The second kappa shape index (κ2) is 7.31. The van der Waals surface area contributed by atoms with E-state index in [0.29, 0.717) is 13.2 Å². The highest BCUT2D eigenvalue weighted by molar-refractivity contribution is 7.18. The number of carbonyl (C=O) groups is 1. The molecule has 5 rings (SSSR count). The normalized spacial score (nSPS) is 21.1. The van der Waals surface area contributed by atoms with Crippen LogP contribution in [0.1, 0.15) is 23.9 Å². The number of rotatable bonds is 3. The summed E-state index contributed by atoms with van der Waals surface area (Å²) in [6, 6.07) is 15.7. The number of ether oxygens (including phenoxy) is 2. The van der Waals surface area contributed by atoms with Crippen molar-refractivity contribution in [2.24, 2.45) is 0 Å². The molecule has 28 heavy (non-hydrogen) atoms. The molecule has 1 saturated heterocycles. The number of benzene rings is 2. The Morgan fingerprint density at radius 2 is 2.00 bits per heavy atom. The second-order valence-corrected chi connectivity index (χ2v) is 8.12. The molecule has 1 aromatic heterocycles. The number of aromatic nitrogens is 1. The summed E-state index contributed by atoms with van der Waals surface area (Å²) >= 11 is 1.68. The van der Waals surface area contributed by atoms with E-state index in [4.69, 9.17) is 14.5 Å². The van der Waals surface area contributed by atoms with Crippen LogP contribution < -0.4 is 14.8 Å². The van der Waals surface area contributed by atoms with Gasteiger partial charge in [0.25, 0.3) is 0 Å². The van der Waals surface area contributed by atoms with Gasteiger partial charge in [0, 0.05) is 6.54 Å². The lowest BCUT2D eigenvalue weighted by molar-refractivity contribution is 0.0898. The smallest absolute Gasteiger partial charge is 0.318 e. The van der Waals surface area contributed by atoms with E-state index in [1.165, 1.54) is 0 Å². The van der Waals surface area contributed by atoms with Crippen LogP contribution in [-0.2, 0) is 0 Å². The molecule has 0 aliphatic carbocycles. The highest BCUT2D eigenvalue weighted by Gasteiger charge is 2.33. The van der Waals surface area contributed by atoms with Crippen molar-refractivity contribution in [2.75, 3.05) is 19.7 Å². The minimum atomic E-state index is -0.192. The molecular weight excluding hydrogens is 374 g/mol. The summed E-state index contributed by atoms with van der Waals surface area (Å²) in [6.45, 7) is 1.59. The molecule has 0 spiro atoms. The standard InChI is InChI=1S/C21H21N3O3S/c25-21(22-12-14-13-26-17-8-2-3-9-18(17)27-14)24-11-5-7-16(24)20-23-15-6-1-4-10-19(15)28-20/h1-4,6,8-10,14,16H,5,7,11-13H2,(H,22,25)/t14-,16+/m1/s1. The molecule has 144 valence electrons. The van der Waals surface area contributed by atoms with Crippen LogP contribution in [0.15, 0.2) is 48.5 Å². The number of amides is 2. The van der Waals surface area contributed by atoms with Crippen LogP contribution in [-0.4, -0.2) is 41.7 Å². The van der Waals surface area contributed by atoms with E-state index in [-0.39, 0.29) is 18.2 Å². The number of carbonyl (C=O) groups excluding carboxylic acids is 1. The lowest BCUT2D eigenvalue weighted by Gasteiger charge is -2.28. The topological polar surface area (TPSA) is 63.7 Å². The number of likely N-dealkylation sites (tertiary alicyclic amines) is 1. The minimum absolute atomic E-state index is 0.0432. The first-order valence-electron chi connectivity index (χ1n) is 9.56. The number of nitrogens with one attached hydrogen (secondary N) is 1. The molecule has 6 nitrogen and oxygen atoms in total. The Labute approximate surface area is 167 Å². The Kier molecular flexibility index (Phi) is 4.52. The third-order valence-corrected chi connectivity index (χ3v) is 6.30. The summed E-state index contributed by atoms with van der Waals surface area (Å²) in [5.41, 5.74) is 1.00. The fourth-order valence-electron chi connectivity index (χ4n) is 3.77. The lowest BCUT2D eigenvalue weighted by atomic mass is 10.2. The highest BCUT2D eigenvalue weighted by atomic mass is 32.1. The van der Waals surface area contributed by atoms with E-state index in [2.05, 4.69) is 11.4 Å². The van der Waals surface area contributed by atoms with E-state index in [1.54, 1.807) is 11.3 Å². The minimum Gasteiger partial charge on any atom is -0.486 e. The molecule has 3 aromatic rings. The van der Waals surface area contributed by atoms with Crippen LogP contribution >= 0.6 is 11.3 Å². The Balaban J connectivity index is 1.23. The molecule has 0 radical (unpaired) electrons. The molecule has 0 unspecified atom stereocenters. The summed E-state index contributed by atoms with van der Waals surface area (Å²) in [5, 5.41) is 4.03. The monoisotopic (exact) mass is 395 g/mol. The van der Waals surface area contributed by atoms with Crippen molar-refractivity contribution in [3.63, 3.8) is 0 Å². The van der Waals surface area contributed by atoms with Gasteiger partial charge in [0.05, 0.1) is 22.8 Å². The van der Waals surface area contributed by atoms with Gasteiger partial charge >= 0.3 is 6.03 Å². The maximum Gasteiger partial charge on any atom is 0.318 e. The van der Waals surface area contributed by atoms with E-state index in [9.17, 15) is 4.79 Å². The fourth-order valence-corrected chi connectivity index (χ4v) is 4.88. The van der Waals surface area contributed by atoms with Crippen molar-refractivity contribution in [1.82, 2.24) is 15.2 Å². The summed E-state index contributed by atoms with van der Waals surface area (Å²) in [6.07, 6.45) is 1.75. The zero-order chi connectivity index (χ0) is 18.9. The Bertz CT molecular complexity index is 972. The highest BCUT2D eigenvalue weighted by Crippen LogP contribution is 2.36. The van der Waals surface area contributed by atoms with Crippen molar-refractivity contribution in [3.8, 4) is 11.5 Å². The average molecular weight is 395 g/mol. The predicted molar refractivity (Wildman–Crippen MR) is 108 cm³/mol. The van der Waals surface area contributed by atoms with Gasteiger partial charge in [-0.2, -0.15) is 0 Å². The maximum atomic E-state index is 12.8. The summed E-state index contributed by atoms with van der Waals surface area (Å²) in [5.74, 6) is 1.47. The largest absolute Gasteiger partial charge is 0.486 e. The number of para-hydroxylation sites is 3. The first-order chi connectivity index (χ1) is 13.8. The van der Waals surface area contributed by atoms with Crippen LogP contribution in [0, 0.1) is 0 Å². The van der Waals surface area contributed by atoms with Gasteiger partial charge in [-0.15, -0.1) is 11.3 Å². The Hall–Kier alpha value is -2.80. The van der Waals surface area contributed by atoms with Gasteiger partial charge in [0.2, 0.25) is 0 Å². The Morgan fingerprint density at radius 1 is 1.18 bits per heavy atom. The molecule has 2 amide bonds. The van der Waals surface area contributed by atoms with Gasteiger partial charge in [-0.25, -0.2) is 9.78 Å². The van der Waals surface area contributed by atoms with Gasteiger partial charge < -0.3 is 19.7 Å². The predicted octanol–water partition coefficient (Wildman–Crippen LogP) is 3.98. The summed E-state index contributed by atoms with van der Waals surface area (Å²) in [7, 11) is 0. The molecular formula is C21H21N3O3S. The van der Waals surface area contributed by atoms with Gasteiger partial charge in [-0.05, 0) is 37.1 Å². The van der Waals surface area contributed by atoms with Gasteiger partial charge in [-0.3, -0.25) is 0 Å². The number of hydrogen-bond donors (Lipinski definition) is 1. The molecule has 0 saturated carbocycles. The Morgan fingerprint density at radius 3 is 2.89 bits per heavy atom. The molecule has 2 aliphatic rings. The molecule has 2 aliphatic heterocycles. The summed E-state index contributed by atoms with van der Waals surface area (Å²) in [4.78, 5) is 19.5.